The van der Waals surface area contributed by atoms with Gasteiger partial charge in [0, 0.05) is 24.2 Å². The van der Waals surface area contributed by atoms with Gasteiger partial charge < -0.3 is 20.1 Å². The van der Waals surface area contributed by atoms with Crippen molar-refractivity contribution >= 4 is 23.2 Å². The van der Waals surface area contributed by atoms with Crippen molar-refractivity contribution in [3.05, 3.63) is 63.9 Å². The largest absolute Gasteiger partial charge is 0.493 e. The summed E-state index contributed by atoms with van der Waals surface area (Å²) in [5, 5.41) is 6.12. The molecule has 168 valence electrons. The van der Waals surface area contributed by atoms with E-state index in [1.807, 2.05) is 12.1 Å². The molecular weight excluding hydrogens is 433 g/mol. The number of aromatic nitrogens is 1. The Morgan fingerprint density at radius 1 is 0.969 bits per heavy atom. The van der Waals surface area contributed by atoms with Crippen LogP contribution < -0.4 is 20.1 Å². The first kappa shape index (κ1) is 23.2. The van der Waals surface area contributed by atoms with Crippen LogP contribution in [0, 0.1) is 19.7 Å². The van der Waals surface area contributed by atoms with E-state index in [2.05, 4.69) is 15.6 Å². The zero-order chi connectivity index (χ0) is 23.3. The van der Waals surface area contributed by atoms with Crippen molar-refractivity contribution in [3.8, 4) is 22.1 Å². The Morgan fingerprint density at radius 2 is 1.66 bits per heavy atom. The van der Waals surface area contributed by atoms with Crippen LogP contribution in [0.5, 0.6) is 11.5 Å². The van der Waals surface area contributed by atoms with Crippen LogP contribution in [0.1, 0.15) is 31.3 Å². The van der Waals surface area contributed by atoms with E-state index in [0.29, 0.717) is 32.6 Å². The van der Waals surface area contributed by atoms with E-state index >= 15 is 0 Å². The van der Waals surface area contributed by atoms with Crippen LogP contribution in [0.15, 0.2) is 36.4 Å². The minimum absolute atomic E-state index is 0.209. The molecule has 2 N–H and O–H groups in total. The van der Waals surface area contributed by atoms with Crippen LogP contribution in [0.3, 0.4) is 0 Å². The van der Waals surface area contributed by atoms with Crippen LogP contribution in [-0.2, 0) is 0 Å². The van der Waals surface area contributed by atoms with Gasteiger partial charge in [0.15, 0.2) is 11.5 Å². The van der Waals surface area contributed by atoms with Crippen molar-refractivity contribution in [1.29, 1.82) is 0 Å². The summed E-state index contributed by atoms with van der Waals surface area (Å²) in [6.07, 6.45) is 0. The zero-order valence-corrected chi connectivity index (χ0v) is 19.1. The molecule has 2 amide bonds. The molecule has 7 nitrogen and oxygen atoms in total. The van der Waals surface area contributed by atoms with E-state index in [-0.39, 0.29) is 24.6 Å². The third-order valence-corrected chi connectivity index (χ3v) is 5.97. The molecule has 2 aromatic carbocycles. The standard InChI is InChI=1S/C23H24FN3O4S/c1-13-5-6-15(11-17(13)24)21(28)25-9-10-26-22(29)20-14(2)27-23(32-20)16-7-8-18(30-3)19(12-16)31-4/h5-8,11-12H,9-10H2,1-4H3,(H,25,28)(H,26,29). The van der Waals surface area contributed by atoms with Crippen molar-refractivity contribution in [1.82, 2.24) is 15.6 Å². The third-order valence-electron chi connectivity index (χ3n) is 4.76. The molecular formula is C23H24FN3O4S. The van der Waals surface area contributed by atoms with Gasteiger partial charge in [-0.25, -0.2) is 9.37 Å². The van der Waals surface area contributed by atoms with E-state index in [9.17, 15) is 14.0 Å². The molecule has 1 heterocycles. The fourth-order valence-electron chi connectivity index (χ4n) is 2.97. The highest BCUT2D eigenvalue weighted by atomic mass is 32.1. The van der Waals surface area contributed by atoms with Gasteiger partial charge in [0.05, 0.1) is 19.9 Å². The van der Waals surface area contributed by atoms with E-state index in [0.717, 1.165) is 5.56 Å². The van der Waals surface area contributed by atoms with Crippen LogP contribution in [0.2, 0.25) is 0 Å². The van der Waals surface area contributed by atoms with Crippen LogP contribution in [0.4, 0.5) is 4.39 Å². The lowest BCUT2D eigenvalue weighted by molar-refractivity contribution is 0.0929. The molecule has 0 saturated heterocycles. The maximum absolute atomic E-state index is 13.6. The van der Waals surface area contributed by atoms with Crippen molar-refractivity contribution in [3.63, 3.8) is 0 Å². The maximum Gasteiger partial charge on any atom is 0.263 e. The first-order valence-corrected chi connectivity index (χ1v) is 10.7. The summed E-state index contributed by atoms with van der Waals surface area (Å²) >= 11 is 1.27. The van der Waals surface area contributed by atoms with Crippen molar-refractivity contribution in [2.45, 2.75) is 13.8 Å². The van der Waals surface area contributed by atoms with Gasteiger partial charge in [-0.15, -0.1) is 11.3 Å². The highest BCUT2D eigenvalue weighted by Crippen LogP contribution is 2.34. The molecule has 0 radical (unpaired) electrons. The lowest BCUT2D eigenvalue weighted by Crippen LogP contribution is -2.34. The van der Waals surface area contributed by atoms with Gasteiger partial charge >= 0.3 is 0 Å². The summed E-state index contributed by atoms with van der Waals surface area (Å²) in [6, 6.07) is 9.75. The number of halogens is 1. The van der Waals surface area contributed by atoms with Crippen LogP contribution in [-0.4, -0.2) is 44.1 Å². The van der Waals surface area contributed by atoms with Gasteiger partial charge in [-0.2, -0.15) is 0 Å². The summed E-state index contributed by atoms with van der Waals surface area (Å²) < 4.78 is 24.2. The highest BCUT2D eigenvalue weighted by molar-refractivity contribution is 7.17. The topological polar surface area (TPSA) is 89.5 Å². The molecule has 0 unspecified atom stereocenters. The SMILES string of the molecule is COc1ccc(-c2nc(C)c(C(=O)NCCNC(=O)c3ccc(C)c(F)c3)s2)cc1OC. The molecule has 0 bridgehead atoms. The Kier molecular flexibility index (Phi) is 7.42. The summed E-state index contributed by atoms with van der Waals surface area (Å²) in [6.45, 7) is 3.83. The van der Waals surface area contributed by atoms with Gasteiger partial charge in [-0.05, 0) is 49.7 Å². The Morgan fingerprint density at radius 3 is 2.31 bits per heavy atom. The Balaban J connectivity index is 1.58. The van der Waals surface area contributed by atoms with Gasteiger partial charge in [0.2, 0.25) is 0 Å². The first-order chi connectivity index (χ1) is 15.3. The highest BCUT2D eigenvalue weighted by Gasteiger charge is 2.17. The second kappa shape index (κ2) is 10.2. The number of carbonyl (C=O) groups excluding carboxylic acids is 2. The lowest BCUT2D eigenvalue weighted by Gasteiger charge is -2.08. The Bertz CT molecular complexity index is 1150. The van der Waals surface area contributed by atoms with Crippen LogP contribution in [0.25, 0.3) is 10.6 Å². The van der Waals surface area contributed by atoms with Gasteiger partial charge in [0.25, 0.3) is 11.8 Å². The Hall–Kier alpha value is -3.46. The third kappa shape index (κ3) is 5.23. The minimum atomic E-state index is -0.433. The molecule has 1 aromatic heterocycles. The number of benzene rings is 2. The molecule has 0 aliphatic heterocycles. The van der Waals surface area contributed by atoms with Gasteiger partial charge in [-0.1, -0.05) is 6.07 Å². The monoisotopic (exact) mass is 457 g/mol. The van der Waals surface area contributed by atoms with Gasteiger partial charge in [-0.3, -0.25) is 9.59 Å². The number of ether oxygens (including phenoxy) is 2. The molecule has 0 spiro atoms. The molecule has 9 heteroatoms. The number of carbonyl (C=O) groups is 2. The van der Waals surface area contributed by atoms with Crippen LogP contribution >= 0.6 is 11.3 Å². The Labute approximate surface area is 189 Å². The number of amides is 2. The molecule has 32 heavy (non-hydrogen) atoms. The second-order valence-corrected chi connectivity index (χ2v) is 7.98. The minimum Gasteiger partial charge on any atom is -0.493 e. The molecule has 0 atom stereocenters. The lowest BCUT2D eigenvalue weighted by atomic mass is 10.1. The first-order valence-electron chi connectivity index (χ1n) is 9.86. The average Bonchev–Trinajstić information content (AvgIpc) is 3.19. The van der Waals surface area contributed by atoms with Crippen molar-refractivity contribution < 1.29 is 23.5 Å². The summed E-state index contributed by atoms with van der Waals surface area (Å²) in [5.41, 5.74) is 2.13. The summed E-state index contributed by atoms with van der Waals surface area (Å²) in [5.74, 6) is 0.0769. The molecule has 0 aliphatic carbocycles. The number of rotatable bonds is 8. The van der Waals surface area contributed by atoms with E-state index in [1.165, 1.54) is 17.4 Å². The molecule has 3 rings (SSSR count). The van der Waals surface area contributed by atoms with Gasteiger partial charge in [0.1, 0.15) is 15.7 Å². The normalized spacial score (nSPS) is 10.5. The second-order valence-electron chi connectivity index (χ2n) is 6.98. The quantitative estimate of drug-likeness (QED) is 0.503. The molecule has 0 fully saturated rings. The van der Waals surface area contributed by atoms with Crippen molar-refractivity contribution in [2.75, 3.05) is 27.3 Å². The molecule has 3 aromatic rings. The molecule has 0 saturated carbocycles. The number of hydrogen-bond acceptors (Lipinski definition) is 6. The number of nitrogens with zero attached hydrogens (tertiary/aromatic N) is 1. The molecule has 0 aliphatic rings. The summed E-state index contributed by atoms with van der Waals surface area (Å²) in [4.78, 5) is 29.7. The maximum atomic E-state index is 13.6. The fraction of sp³-hybridized carbons (Fsp3) is 0.261. The van der Waals surface area contributed by atoms with Crippen molar-refractivity contribution in [2.24, 2.45) is 0 Å². The van der Waals surface area contributed by atoms with E-state index in [4.69, 9.17) is 9.47 Å². The predicted molar refractivity (Wildman–Crippen MR) is 121 cm³/mol. The number of methoxy groups -OCH3 is 2. The summed E-state index contributed by atoms with van der Waals surface area (Å²) in [7, 11) is 3.12. The fourth-order valence-corrected chi connectivity index (χ4v) is 3.95. The number of aryl methyl sites for hydroxylation is 2. The predicted octanol–water partition coefficient (Wildman–Crippen LogP) is 3.74. The number of hydrogen-bond donors (Lipinski definition) is 2. The number of thiazole rings is 1. The van der Waals surface area contributed by atoms with E-state index < -0.39 is 11.7 Å². The average molecular weight is 458 g/mol. The smallest absolute Gasteiger partial charge is 0.263 e. The van der Waals surface area contributed by atoms with E-state index in [1.54, 1.807) is 46.3 Å². The number of nitrogens with one attached hydrogen (secondary N) is 2. The zero-order valence-electron chi connectivity index (χ0n) is 18.2.